The molecule has 0 spiro atoms. The van der Waals surface area contributed by atoms with E-state index in [4.69, 9.17) is 11.5 Å². The van der Waals surface area contributed by atoms with Gasteiger partial charge in [0.25, 0.3) is 0 Å². The predicted molar refractivity (Wildman–Crippen MR) is 70.2 cm³/mol. The molecule has 0 rings (SSSR count). The first-order chi connectivity index (χ1) is 8.38. The molecule has 0 aliphatic rings. The third-order valence-corrected chi connectivity index (χ3v) is 2.47. The number of hydrogen-bond acceptors (Lipinski definition) is 2. The molecule has 0 saturated heterocycles. The monoisotopic (exact) mass is 254 g/mol. The highest BCUT2D eigenvalue weighted by Crippen LogP contribution is 2.03. The van der Waals surface area contributed by atoms with Crippen molar-refractivity contribution in [2.24, 2.45) is 0 Å². The summed E-state index contributed by atoms with van der Waals surface area (Å²) in [5, 5.41) is 11.4. The van der Waals surface area contributed by atoms with Crippen LogP contribution < -0.4 is 5.32 Å². The van der Waals surface area contributed by atoms with Crippen LogP contribution in [0.1, 0.15) is 40.0 Å². The van der Waals surface area contributed by atoms with E-state index in [0.717, 1.165) is 0 Å². The molecule has 0 radical (unpaired) electrons. The van der Waals surface area contributed by atoms with E-state index in [1.165, 1.54) is 0 Å². The molecular formula is C13H22N2O3. The van der Waals surface area contributed by atoms with Crippen molar-refractivity contribution in [1.82, 2.24) is 10.2 Å². The third-order valence-electron chi connectivity index (χ3n) is 2.47. The van der Waals surface area contributed by atoms with Crippen LogP contribution in [0, 0.1) is 12.3 Å². The molecule has 5 heteroatoms. The molecule has 0 aliphatic heterocycles. The summed E-state index contributed by atoms with van der Waals surface area (Å²) in [6, 6.07) is -0.252. The van der Waals surface area contributed by atoms with Gasteiger partial charge in [-0.3, -0.25) is 4.79 Å². The topological polar surface area (TPSA) is 69.6 Å². The minimum Gasteiger partial charge on any atom is -0.481 e. The van der Waals surface area contributed by atoms with Crippen molar-refractivity contribution in [3.8, 4) is 12.3 Å². The lowest BCUT2D eigenvalue weighted by molar-refractivity contribution is -0.137. The summed E-state index contributed by atoms with van der Waals surface area (Å²) in [5.74, 6) is 1.64. The molecule has 1 atom stereocenters. The molecule has 0 aromatic carbocycles. The van der Waals surface area contributed by atoms with Crippen LogP contribution in [0.25, 0.3) is 0 Å². The van der Waals surface area contributed by atoms with Gasteiger partial charge in [-0.1, -0.05) is 0 Å². The van der Waals surface area contributed by atoms with E-state index in [9.17, 15) is 9.59 Å². The minimum atomic E-state index is -0.847. The van der Waals surface area contributed by atoms with Gasteiger partial charge in [0.1, 0.15) is 0 Å². The number of terminal acetylenes is 1. The van der Waals surface area contributed by atoms with Gasteiger partial charge < -0.3 is 15.3 Å². The number of urea groups is 1. The van der Waals surface area contributed by atoms with E-state index < -0.39 is 5.97 Å². The molecule has 2 N–H and O–H groups in total. The van der Waals surface area contributed by atoms with Crippen LogP contribution >= 0.6 is 0 Å². The molecule has 0 bridgehead atoms. The molecule has 0 aliphatic carbocycles. The largest absolute Gasteiger partial charge is 0.481 e. The fourth-order valence-electron chi connectivity index (χ4n) is 1.52. The van der Waals surface area contributed by atoms with Crippen molar-refractivity contribution in [2.75, 3.05) is 6.54 Å². The Kier molecular flexibility index (Phi) is 7.61. The first-order valence-electron chi connectivity index (χ1n) is 6.10. The summed E-state index contributed by atoms with van der Waals surface area (Å²) in [4.78, 5) is 24.0. The van der Waals surface area contributed by atoms with Crippen molar-refractivity contribution in [3.63, 3.8) is 0 Å². The first kappa shape index (κ1) is 16.3. The molecule has 1 unspecified atom stereocenters. The number of carbonyl (C=O) groups is 2. The highest BCUT2D eigenvalue weighted by Gasteiger charge is 2.18. The van der Waals surface area contributed by atoms with E-state index in [-0.39, 0.29) is 24.5 Å². The second-order valence-electron chi connectivity index (χ2n) is 4.54. The summed E-state index contributed by atoms with van der Waals surface area (Å²) < 4.78 is 0. The molecule has 0 fully saturated rings. The van der Waals surface area contributed by atoms with Gasteiger partial charge in [-0.2, -0.15) is 0 Å². The lowest BCUT2D eigenvalue weighted by atomic mass is 10.2. The maximum Gasteiger partial charge on any atom is 0.317 e. The van der Waals surface area contributed by atoms with E-state index in [1.54, 1.807) is 4.90 Å². The predicted octanol–water partition coefficient (Wildman–Crippen LogP) is 1.68. The Bertz CT molecular complexity index is 321. The molecule has 0 aromatic rings. The Morgan fingerprint density at radius 1 is 1.39 bits per heavy atom. The van der Waals surface area contributed by atoms with Crippen molar-refractivity contribution in [1.29, 1.82) is 0 Å². The molecule has 5 nitrogen and oxygen atoms in total. The number of carboxylic acid groups (broad SMARTS) is 1. The quantitative estimate of drug-likeness (QED) is 0.679. The van der Waals surface area contributed by atoms with Crippen molar-refractivity contribution >= 4 is 12.0 Å². The molecule has 18 heavy (non-hydrogen) atoms. The van der Waals surface area contributed by atoms with Crippen LogP contribution in [0.2, 0.25) is 0 Å². The SMILES string of the molecule is C#CCC(C)NC(=O)N(CCCC(=O)O)C(C)C. The second-order valence-corrected chi connectivity index (χ2v) is 4.54. The highest BCUT2D eigenvalue weighted by atomic mass is 16.4. The van der Waals surface area contributed by atoms with Crippen molar-refractivity contribution in [2.45, 2.75) is 52.1 Å². The van der Waals surface area contributed by atoms with E-state index in [2.05, 4.69) is 11.2 Å². The van der Waals surface area contributed by atoms with Crippen LogP contribution in [0.3, 0.4) is 0 Å². The zero-order valence-electron chi connectivity index (χ0n) is 11.3. The Hall–Kier alpha value is -1.70. The van der Waals surface area contributed by atoms with Gasteiger partial charge in [-0.15, -0.1) is 12.3 Å². The van der Waals surface area contributed by atoms with Crippen molar-refractivity contribution < 1.29 is 14.7 Å². The first-order valence-corrected chi connectivity index (χ1v) is 6.10. The van der Waals surface area contributed by atoms with Crippen LogP contribution in [-0.4, -0.2) is 40.6 Å². The van der Waals surface area contributed by atoms with Gasteiger partial charge in [-0.05, 0) is 27.2 Å². The molecule has 0 heterocycles. The minimum absolute atomic E-state index is 0.0248. The maximum absolute atomic E-state index is 11.9. The average molecular weight is 254 g/mol. The number of nitrogens with one attached hydrogen (secondary N) is 1. The fourth-order valence-corrected chi connectivity index (χ4v) is 1.52. The fraction of sp³-hybridized carbons (Fsp3) is 0.692. The van der Waals surface area contributed by atoms with Crippen LogP contribution in [0.4, 0.5) is 4.79 Å². The Morgan fingerprint density at radius 3 is 2.44 bits per heavy atom. The van der Waals surface area contributed by atoms with E-state index in [1.807, 2.05) is 20.8 Å². The molecule has 2 amide bonds. The van der Waals surface area contributed by atoms with Gasteiger partial charge in [0.15, 0.2) is 0 Å². The van der Waals surface area contributed by atoms with Gasteiger partial charge in [-0.25, -0.2) is 4.79 Å². The molecule has 0 aromatic heterocycles. The molecule has 102 valence electrons. The number of carbonyl (C=O) groups excluding carboxylic acids is 1. The van der Waals surface area contributed by atoms with Crippen LogP contribution in [-0.2, 0) is 4.79 Å². The Morgan fingerprint density at radius 2 is 2.00 bits per heavy atom. The van der Waals surface area contributed by atoms with Gasteiger partial charge >= 0.3 is 12.0 Å². The Balaban J connectivity index is 4.28. The zero-order chi connectivity index (χ0) is 14.1. The lowest BCUT2D eigenvalue weighted by Gasteiger charge is -2.28. The summed E-state index contributed by atoms with van der Waals surface area (Å²) in [5.41, 5.74) is 0. The molecular weight excluding hydrogens is 232 g/mol. The number of nitrogens with zero attached hydrogens (tertiary/aromatic N) is 1. The number of hydrogen-bond donors (Lipinski definition) is 2. The summed E-state index contributed by atoms with van der Waals surface area (Å²) in [6.45, 7) is 6.06. The number of carboxylic acids is 1. The third kappa shape index (κ3) is 6.79. The normalized spacial score (nSPS) is 11.7. The van der Waals surface area contributed by atoms with Gasteiger partial charge in [0.2, 0.25) is 0 Å². The number of amides is 2. The van der Waals surface area contributed by atoms with Gasteiger partial charge in [0, 0.05) is 31.5 Å². The van der Waals surface area contributed by atoms with Crippen molar-refractivity contribution in [3.05, 3.63) is 0 Å². The number of rotatable bonds is 7. The summed E-state index contributed by atoms with van der Waals surface area (Å²) >= 11 is 0. The molecule has 0 saturated carbocycles. The van der Waals surface area contributed by atoms with E-state index in [0.29, 0.717) is 19.4 Å². The van der Waals surface area contributed by atoms with Gasteiger partial charge in [0.05, 0.1) is 0 Å². The summed E-state index contributed by atoms with van der Waals surface area (Å²) in [6.07, 6.45) is 6.17. The standard InChI is InChI=1S/C13H22N2O3/c1-5-7-11(4)14-13(18)15(10(2)3)9-6-8-12(16)17/h1,10-11H,6-9H2,2-4H3,(H,14,18)(H,16,17). The van der Waals surface area contributed by atoms with E-state index >= 15 is 0 Å². The zero-order valence-corrected chi connectivity index (χ0v) is 11.3. The second kappa shape index (κ2) is 8.40. The number of aliphatic carboxylic acids is 1. The average Bonchev–Trinajstić information content (AvgIpc) is 2.23. The lowest BCUT2D eigenvalue weighted by Crippen LogP contribution is -2.47. The summed E-state index contributed by atoms with van der Waals surface area (Å²) in [7, 11) is 0. The smallest absolute Gasteiger partial charge is 0.317 e. The highest BCUT2D eigenvalue weighted by molar-refractivity contribution is 5.75. The van der Waals surface area contributed by atoms with Crippen LogP contribution in [0.5, 0.6) is 0 Å². The van der Waals surface area contributed by atoms with Crippen LogP contribution in [0.15, 0.2) is 0 Å². The Labute approximate surface area is 109 Å². The maximum atomic E-state index is 11.9.